The largest absolute Gasteiger partial charge is 0.398 e. The second kappa shape index (κ2) is 4.85. The van der Waals surface area contributed by atoms with Crippen molar-refractivity contribution >= 4 is 29.1 Å². The predicted octanol–water partition coefficient (Wildman–Crippen LogP) is 1.64. The van der Waals surface area contributed by atoms with Gasteiger partial charge in [0.1, 0.15) is 0 Å². The third-order valence-corrected chi connectivity index (χ3v) is 3.75. The lowest BCUT2D eigenvalue weighted by Gasteiger charge is -2.06. The number of nitrogen functional groups attached to an aromatic ring is 1. The zero-order valence-electron chi connectivity index (χ0n) is 9.11. The van der Waals surface area contributed by atoms with Crippen LogP contribution < -0.4 is 11.4 Å². The van der Waals surface area contributed by atoms with Crippen molar-refractivity contribution in [3.63, 3.8) is 0 Å². The molecule has 0 saturated carbocycles. The van der Waals surface area contributed by atoms with E-state index in [1.165, 1.54) is 16.3 Å². The summed E-state index contributed by atoms with van der Waals surface area (Å²) in [6.07, 6.45) is 0. The van der Waals surface area contributed by atoms with Gasteiger partial charge < -0.3 is 5.73 Å². The number of anilines is 1. The maximum absolute atomic E-state index is 11.2. The van der Waals surface area contributed by atoms with Crippen LogP contribution in [0, 0.1) is 0 Å². The second-order valence-corrected chi connectivity index (χ2v) is 4.82. The first-order valence-electron chi connectivity index (χ1n) is 4.86. The first-order valence-corrected chi connectivity index (χ1v) is 6.23. The van der Waals surface area contributed by atoms with E-state index in [9.17, 15) is 4.79 Å². The van der Waals surface area contributed by atoms with E-state index in [0.717, 1.165) is 5.56 Å². The topological polar surface area (TPSA) is 76.7 Å². The number of nitrogens with zero attached hydrogens (tertiary/aromatic N) is 2. The third kappa shape index (κ3) is 2.48. The van der Waals surface area contributed by atoms with Gasteiger partial charge in [-0.05, 0) is 12.1 Å². The Kier molecular flexibility index (Phi) is 3.44. The Morgan fingerprint density at radius 2 is 2.35 bits per heavy atom. The van der Waals surface area contributed by atoms with Crippen LogP contribution in [-0.2, 0) is 12.8 Å². The normalized spacial score (nSPS) is 10.7. The summed E-state index contributed by atoms with van der Waals surface area (Å²) in [6.45, 7) is 0. The predicted molar refractivity (Wildman–Crippen MR) is 69.3 cm³/mol. The lowest BCUT2D eigenvalue weighted by molar-refractivity contribution is 0.766. The standard InChI is InChI=1S/C10H11ClN4OS/c1-15-9(16)13-14-10(15)17-5-6-7(11)3-2-4-8(6)12/h2-4H,5,12H2,1H3,(H,13,16). The molecule has 0 amide bonds. The van der Waals surface area contributed by atoms with Crippen molar-refractivity contribution in [3.8, 4) is 0 Å². The zero-order chi connectivity index (χ0) is 12.4. The number of rotatable bonds is 3. The number of hydrogen-bond donors (Lipinski definition) is 2. The summed E-state index contributed by atoms with van der Waals surface area (Å²) in [7, 11) is 1.66. The van der Waals surface area contributed by atoms with Crippen LogP contribution >= 0.6 is 23.4 Å². The van der Waals surface area contributed by atoms with Gasteiger partial charge in [0.15, 0.2) is 5.16 Å². The molecule has 7 heteroatoms. The number of halogens is 1. The quantitative estimate of drug-likeness (QED) is 0.657. The van der Waals surface area contributed by atoms with Crippen LogP contribution in [-0.4, -0.2) is 14.8 Å². The second-order valence-electron chi connectivity index (χ2n) is 3.47. The van der Waals surface area contributed by atoms with Crippen LogP contribution in [0.2, 0.25) is 5.02 Å². The van der Waals surface area contributed by atoms with Gasteiger partial charge in [-0.3, -0.25) is 4.57 Å². The maximum atomic E-state index is 11.2. The fourth-order valence-corrected chi connectivity index (χ4v) is 2.64. The van der Waals surface area contributed by atoms with Crippen molar-refractivity contribution in [3.05, 3.63) is 39.3 Å². The van der Waals surface area contributed by atoms with E-state index >= 15 is 0 Å². The minimum Gasteiger partial charge on any atom is -0.398 e. The first kappa shape index (κ1) is 12.1. The molecule has 0 unspecified atom stereocenters. The monoisotopic (exact) mass is 270 g/mol. The van der Waals surface area contributed by atoms with Crippen molar-refractivity contribution in [1.29, 1.82) is 0 Å². The van der Waals surface area contributed by atoms with E-state index in [2.05, 4.69) is 10.2 Å². The Hall–Kier alpha value is -1.40. The molecule has 3 N–H and O–H groups in total. The van der Waals surface area contributed by atoms with Crippen molar-refractivity contribution < 1.29 is 0 Å². The Balaban J connectivity index is 2.18. The number of aromatic nitrogens is 3. The number of H-pyrrole nitrogens is 1. The number of nitrogens with one attached hydrogen (secondary N) is 1. The number of thioether (sulfide) groups is 1. The highest BCUT2D eigenvalue weighted by Gasteiger charge is 2.09. The van der Waals surface area contributed by atoms with Crippen LogP contribution in [0.4, 0.5) is 5.69 Å². The number of hydrogen-bond acceptors (Lipinski definition) is 4. The lowest BCUT2D eigenvalue weighted by atomic mass is 10.2. The van der Waals surface area contributed by atoms with Gasteiger partial charge in [0, 0.05) is 29.1 Å². The molecule has 0 aliphatic heterocycles. The zero-order valence-corrected chi connectivity index (χ0v) is 10.7. The maximum Gasteiger partial charge on any atom is 0.343 e. The minimum absolute atomic E-state index is 0.236. The van der Waals surface area contributed by atoms with E-state index in [4.69, 9.17) is 17.3 Å². The van der Waals surface area contributed by atoms with Gasteiger partial charge in [-0.25, -0.2) is 9.89 Å². The summed E-state index contributed by atoms with van der Waals surface area (Å²) in [5.41, 5.74) is 7.10. The summed E-state index contributed by atoms with van der Waals surface area (Å²) in [5.74, 6) is 0.573. The van der Waals surface area contributed by atoms with Gasteiger partial charge >= 0.3 is 5.69 Å². The Bertz CT molecular complexity index is 572. The SMILES string of the molecule is Cn1c(SCc2c(N)cccc2Cl)n[nH]c1=O. The van der Waals surface area contributed by atoms with Crippen LogP contribution in [0.25, 0.3) is 0 Å². The molecule has 0 spiro atoms. The smallest absolute Gasteiger partial charge is 0.343 e. The van der Waals surface area contributed by atoms with E-state index in [1.807, 2.05) is 0 Å². The molecular formula is C10H11ClN4OS. The van der Waals surface area contributed by atoms with Gasteiger partial charge in [0.25, 0.3) is 0 Å². The van der Waals surface area contributed by atoms with Gasteiger partial charge in [0.05, 0.1) is 0 Å². The van der Waals surface area contributed by atoms with Crippen LogP contribution in [0.15, 0.2) is 28.2 Å². The molecule has 2 rings (SSSR count). The lowest BCUT2D eigenvalue weighted by Crippen LogP contribution is -2.12. The molecule has 90 valence electrons. The van der Waals surface area contributed by atoms with Crippen LogP contribution in [0.3, 0.4) is 0 Å². The molecule has 0 bridgehead atoms. The fourth-order valence-electron chi connectivity index (χ4n) is 1.33. The van der Waals surface area contributed by atoms with E-state index in [1.54, 1.807) is 25.2 Å². The molecule has 0 radical (unpaired) electrons. The Morgan fingerprint density at radius 1 is 1.59 bits per heavy atom. The van der Waals surface area contributed by atoms with Crippen LogP contribution in [0.1, 0.15) is 5.56 Å². The van der Waals surface area contributed by atoms with E-state index in [-0.39, 0.29) is 5.69 Å². The molecule has 0 aliphatic carbocycles. The van der Waals surface area contributed by atoms with Crippen molar-refractivity contribution in [2.24, 2.45) is 7.05 Å². The Morgan fingerprint density at radius 3 is 2.94 bits per heavy atom. The summed E-state index contributed by atoms with van der Waals surface area (Å²) in [5, 5.41) is 7.50. The minimum atomic E-state index is -0.236. The van der Waals surface area contributed by atoms with Gasteiger partial charge in [-0.15, -0.1) is 5.10 Å². The van der Waals surface area contributed by atoms with Crippen LogP contribution in [0.5, 0.6) is 0 Å². The Labute approximate surface area is 107 Å². The number of aromatic amines is 1. The van der Waals surface area contributed by atoms with Gasteiger partial charge in [-0.2, -0.15) is 0 Å². The molecule has 2 aromatic rings. The highest BCUT2D eigenvalue weighted by molar-refractivity contribution is 7.98. The first-order chi connectivity index (χ1) is 8.09. The van der Waals surface area contributed by atoms with Crippen molar-refractivity contribution in [2.45, 2.75) is 10.9 Å². The molecule has 0 atom stereocenters. The summed E-state index contributed by atoms with van der Waals surface area (Å²) >= 11 is 7.46. The molecule has 0 aliphatic rings. The van der Waals surface area contributed by atoms with Gasteiger partial charge in [0.2, 0.25) is 0 Å². The molecule has 1 aromatic carbocycles. The fraction of sp³-hybridized carbons (Fsp3) is 0.200. The van der Waals surface area contributed by atoms with E-state index < -0.39 is 0 Å². The molecule has 0 saturated heterocycles. The third-order valence-electron chi connectivity index (χ3n) is 2.34. The summed E-state index contributed by atoms with van der Waals surface area (Å²) in [4.78, 5) is 11.2. The highest BCUT2D eigenvalue weighted by atomic mass is 35.5. The van der Waals surface area contributed by atoms with Crippen molar-refractivity contribution in [2.75, 3.05) is 5.73 Å². The number of benzene rings is 1. The molecule has 1 aromatic heterocycles. The highest BCUT2D eigenvalue weighted by Crippen LogP contribution is 2.28. The molecule has 5 nitrogen and oxygen atoms in total. The average molecular weight is 271 g/mol. The average Bonchev–Trinajstić information content (AvgIpc) is 2.60. The summed E-state index contributed by atoms with van der Waals surface area (Å²) < 4.78 is 1.44. The van der Waals surface area contributed by atoms with Gasteiger partial charge in [-0.1, -0.05) is 29.4 Å². The molecule has 0 fully saturated rings. The molecule has 1 heterocycles. The van der Waals surface area contributed by atoms with Crippen molar-refractivity contribution in [1.82, 2.24) is 14.8 Å². The molecule has 17 heavy (non-hydrogen) atoms. The van der Waals surface area contributed by atoms with E-state index in [0.29, 0.717) is 21.6 Å². The summed E-state index contributed by atoms with van der Waals surface area (Å²) in [6, 6.07) is 5.39. The molecular weight excluding hydrogens is 260 g/mol. The number of nitrogens with two attached hydrogens (primary N) is 1.